The molecule has 0 saturated heterocycles. The summed E-state index contributed by atoms with van der Waals surface area (Å²) in [6, 6.07) is 5.22. The average molecular weight is 257 g/mol. The first-order valence-electron chi connectivity index (χ1n) is 4.96. The Balaban J connectivity index is 2.55. The predicted octanol–water partition coefficient (Wildman–Crippen LogP) is 2.22. The second kappa shape index (κ2) is 5.96. The normalized spacial score (nSPS) is 10.2. The number of benzene rings is 1. The highest BCUT2D eigenvalue weighted by molar-refractivity contribution is 5.93. The fourth-order valence-corrected chi connectivity index (χ4v) is 1.15. The first kappa shape index (κ1) is 13.9. The van der Waals surface area contributed by atoms with Crippen LogP contribution >= 0.6 is 0 Å². The molecule has 96 valence electrons. The third-order valence-electron chi connectivity index (χ3n) is 1.85. The fraction of sp³-hybridized carbons (Fsp3) is 0.250. The highest BCUT2D eigenvalue weighted by Gasteiger charge is 2.30. The third kappa shape index (κ3) is 5.25. The number of hydrogen-bond donors (Lipinski definition) is 1. The lowest BCUT2D eigenvalue weighted by Crippen LogP contribution is -2.20. The summed E-state index contributed by atoms with van der Waals surface area (Å²) in [5.74, 6) is 3.98. The smallest absolute Gasteiger partial charge is 0.406 e. The Hall–Kier alpha value is -2.16. The van der Waals surface area contributed by atoms with Crippen molar-refractivity contribution in [2.24, 2.45) is 0 Å². The lowest BCUT2D eigenvalue weighted by atomic mass is 10.2. The van der Waals surface area contributed by atoms with Crippen LogP contribution in [0.5, 0.6) is 5.75 Å². The van der Waals surface area contributed by atoms with Crippen molar-refractivity contribution in [3.8, 4) is 17.6 Å². The highest BCUT2D eigenvalue weighted by Crippen LogP contribution is 2.22. The first-order chi connectivity index (χ1) is 8.40. The molecule has 0 atom stereocenters. The molecule has 0 aliphatic heterocycles. The summed E-state index contributed by atoms with van der Waals surface area (Å²) in [5, 5.41) is 2.49. The van der Waals surface area contributed by atoms with Gasteiger partial charge in [-0.25, -0.2) is 0 Å². The van der Waals surface area contributed by atoms with Crippen LogP contribution in [-0.4, -0.2) is 12.3 Å². The molecule has 0 aliphatic rings. The van der Waals surface area contributed by atoms with Crippen molar-refractivity contribution in [1.29, 1.82) is 0 Å². The molecule has 0 saturated carbocycles. The van der Waals surface area contributed by atoms with Crippen molar-refractivity contribution >= 4 is 5.91 Å². The predicted molar refractivity (Wildman–Crippen MR) is 58.4 cm³/mol. The number of halogens is 3. The van der Waals surface area contributed by atoms with Gasteiger partial charge >= 0.3 is 6.36 Å². The lowest BCUT2D eigenvalue weighted by Gasteiger charge is -2.09. The van der Waals surface area contributed by atoms with E-state index in [0.29, 0.717) is 5.56 Å². The standard InChI is InChI=1S/C12H10F3NO2/c1-2-3-11(17)16-8-9-4-6-10(7-5-9)18-12(13,14)15/h4-7H,8H2,1H3,(H,16,17). The molecular weight excluding hydrogens is 247 g/mol. The van der Waals surface area contributed by atoms with E-state index in [-0.39, 0.29) is 12.3 Å². The molecule has 1 aromatic rings. The average Bonchev–Trinajstić information content (AvgIpc) is 2.26. The zero-order valence-electron chi connectivity index (χ0n) is 9.47. The quantitative estimate of drug-likeness (QED) is 0.843. The van der Waals surface area contributed by atoms with Gasteiger partial charge in [0.15, 0.2) is 0 Å². The van der Waals surface area contributed by atoms with Gasteiger partial charge in [-0.05, 0) is 30.5 Å². The summed E-state index contributed by atoms with van der Waals surface area (Å²) in [7, 11) is 0. The van der Waals surface area contributed by atoms with E-state index in [1.807, 2.05) is 0 Å². The van der Waals surface area contributed by atoms with E-state index >= 15 is 0 Å². The summed E-state index contributed by atoms with van der Waals surface area (Å²) in [4.78, 5) is 11.0. The van der Waals surface area contributed by atoms with E-state index in [0.717, 1.165) is 0 Å². The summed E-state index contributed by atoms with van der Waals surface area (Å²) in [6.07, 6.45) is -4.70. The van der Waals surface area contributed by atoms with Crippen LogP contribution in [0.15, 0.2) is 24.3 Å². The third-order valence-corrected chi connectivity index (χ3v) is 1.85. The van der Waals surface area contributed by atoms with Gasteiger partial charge in [-0.2, -0.15) is 0 Å². The second-order valence-electron chi connectivity index (χ2n) is 3.25. The number of rotatable bonds is 3. The maximum absolute atomic E-state index is 11.9. The van der Waals surface area contributed by atoms with Crippen molar-refractivity contribution in [3.05, 3.63) is 29.8 Å². The molecular formula is C12H10F3NO2. The van der Waals surface area contributed by atoms with Crippen LogP contribution in [0, 0.1) is 11.8 Å². The van der Waals surface area contributed by atoms with E-state index < -0.39 is 12.3 Å². The molecule has 0 spiro atoms. The number of carbonyl (C=O) groups is 1. The van der Waals surface area contributed by atoms with Gasteiger partial charge in [0.2, 0.25) is 0 Å². The summed E-state index contributed by atoms with van der Waals surface area (Å²) in [6.45, 7) is 1.72. The number of ether oxygens (including phenoxy) is 1. The highest BCUT2D eigenvalue weighted by atomic mass is 19.4. The largest absolute Gasteiger partial charge is 0.573 e. The van der Waals surface area contributed by atoms with E-state index in [1.54, 1.807) is 0 Å². The Morgan fingerprint density at radius 1 is 1.33 bits per heavy atom. The zero-order chi connectivity index (χ0) is 13.6. The molecule has 0 aliphatic carbocycles. The van der Waals surface area contributed by atoms with E-state index in [4.69, 9.17) is 0 Å². The number of hydrogen-bond acceptors (Lipinski definition) is 2. The molecule has 0 aromatic heterocycles. The number of nitrogens with one attached hydrogen (secondary N) is 1. The van der Waals surface area contributed by atoms with Crippen LogP contribution in [0.25, 0.3) is 0 Å². The minimum atomic E-state index is -4.70. The second-order valence-corrected chi connectivity index (χ2v) is 3.25. The molecule has 0 bridgehead atoms. The maximum atomic E-state index is 11.9. The topological polar surface area (TPSA) is 38.3 Å². The minimum Gasteiger partial charge on any atom is -0.406 e. The van der Waals surface area contributed by atoms with Crippen molar-refractivity contribution in [2.45, 2.75) is 19.8 Å². The van der Waals surface area contributed by atoms with Crippen LogP contribution in [0.3, 0.4) is 0 Å². The Bertz CT molecular complexity index is 469. The Kier molecular flexibility index (Phi) is 4.60. The molecule has 1 amide bonds. The van der Waals surface area contributed by atoms with Gasteiger partial charge in [-0.3, -0.25) is 4.79 Å². The van der Waals surface area contributed by atoms with Gasteiger partial charge < -0.3 is 10.1 Å². The molecule has 18 heavy (non-hydrogen) atoms. The van der Waals surface area contributed by atoms with Gasteiger partial charge in [-0.15, -0.1) is 13.2 Å². The monoisotopic (exact) mass is 257 g/mol. The van der Waals surface area contributed by atoms with Gasteiger partial charge in [-0.1, -0.05) is 18.1 Å². The van der Waals surface area contributed by atoms with Crippen molar-refractivity contribution in [2.75, 3.05) is 0 Å². The van der Waals surface area contributed by atoms with Crippen LogP contribution in [0.4, 0.5) is 13.2 Å². The molecule has 0 heterocycles. The lowest BCUT2D eigenvalue weighted by molar-refractivity contribution is -0.274. The van der Waals surface area contributed by atoms with Crippen LogP contribution < -0.4 is 10.1 Å². The summed E-state index contributed by atoms with van der Waals surface area (Å²) in [5.41, 5.74) is 0.649. The van der Waals surface area contributed by atoms with Gasteiger partial charge in [0, 0.05) is 6.54 Å². The molecule has 6 heteroatoms. The van der Waals surface area contributed by atoms with E-state index in [1.165, 1.54) is 31.2 Å². The summed E-state index contributed by atoms with van der Waals surface area (Å²) >= 11 is 0. The minimum absolute atomic E-state index is 0.194. The van der Waals surface area contributed by atoms with E-state index in [2.05, 4.69) is 21.9 Å². The molecule has 1 N–H and O–H groups in total. The van der Waals surface area contributed by atoms with Crippen LogP contribution in [0.2, 0.25) is 0 Å². The number of amides is 1. The SMILES string of the molecule is CC#CC(=O)NCc1ccc(OC(F)(F)F)cc1. The molecule has 1 aromatic carbocycles. The number of carbonyl (C=O) groups excluding carboxylic acids is 1. The van der Waals surface area contributed by atoms with Crippen molar-refractivity contribution in [3.63, 3.8) is 0 Å². The number of alkyl halides is 3. The molecule has 0 fully saturated rings. The molecule has 1 rings (SSSR count). The maximum Gasteiger partial charge on any atom is 0.573 e. The van der Waals surface area contributed by atoms with Gasteiger partial charge in [0.25, 0.3) is 5.91 Å². The van der Waals surface area contributed by atoms with E-state index in [9.17, 15) is 18.0 Å². The summed E-state index contributed by atoms with van der Waals surface area (Å²) < 4.78 is 39.4. The Morgan fingerprint density at radius 3 is 2.44 bits per heavy atom. The van der Waals surface area contributed by atoms with Crippen LogP contribution in [-0.2, 0) is 11.3 Å². The van der Waals surface area contributed by atoms with Gasteiger partial charge in [0.1, 0.15) is 5.75 Å². The molecule has 0 radical (unpaired) electrons. The molecule has 3 nitrogen and oxygen atoms in total. The molecule has 0 unspecified atom stereocenters. The fourth-order valence-electron chi connectivity index (χ4n) is 1.15. The van der Waals surface area contributed by atoms with Gasteiger partial charge in [0.05, 0.1) is 0 Å². The van der Waals surface area contributed by atoms with Crippen LogP contribution in [0.1, 0.15) is 12.5 Å². The van der Waals surface area contributed by atoms with Crippen molar-refractivity contribution < 1.29 is 22.7 Å². The zero-order valence-corrected chi connectivity index (χ0v) is 9.47. The first-order valence-corrected chi connectivity index (χ1v) is 4.96. The Morgan fingerprint density at radius 2 is 1.94 bits per heavy atom. The Labute approximate surface area is 102 Å². The van der Waals surface area contributed by atoms with Crippen molar-refractivity contribution in [1.82, 2.24) is 5.32 Å².